The minimum atomic E-state index is -0.227. The molecule has 5 nitrogen and oxygen atoms in total. The van der Waals surface area contributed by atoms with Gasteiger partial charge in [0.25, 0.3) is 0 Å². The second-order valence-corrected chi connectivity index (χ2v) is 8.95. The summed E-state index contributed by atoms with van der Waals surface area (Å²) in [5, 5.41) is 8.55. The summed E-state index contributed by atoms with van der Waals surface area (Å²) >= 11 is 1.38. The minimum absolute atomic E-state index is 0.227. The molecular formula is C28H24N2O3S. The van der Waals surface area contributed by atoms with Crippen molar-refractivity contribution in [2.75, 3.05) is 11.9 Å². The number of amides is 1. The number of furan rings is 1. The van der Waals surface area contributed by atoms with Crippen LogP contribution in [0.1, 0.15) is 25.0 Å². The molecule has 0 aliphatic rings. The van der Waals surface area contributed by atoms with E-state index >= 15 is 0 Å². The number of carbonyl (C=O) groups excluding carboxylic acids is 1. The fourth-order valence-corrected chi connectivity index (χ4v) is 4.75. The number of aromatic nitrogens is 1. The SMILES string of the molecule is CCOc1c(/C(C)=C/C(=O)Nc2nccs2)cc2c(-c3ccc4ccccc4c3)coc2c1C. The molecule has 0 bridgehead atoms. The second-order valence-electron chi connectivity index (χ2n) is 8.05. The van der Waals surface area contributed by atoms with E-state index in [0.717, 1.165) is 44.5 Å². The summed E-state index contributed by atoms with van der Waals surface area (Å²) in [6.07, 6.45) is 5.05. The van der Waals surface area contributed by atoms with Gasteiger partial charge in [-0.15, -0.1) is 11.3 Å². The summed E-state index contributed by atoms with van der Waals surface area (Å²) in [7, 11) is 0. The van der Waals surface area contributed by atoms with Crippen molar-refractivity contribution in [3.63, 3.8) is 0 Å². The molecule has 0 aliphatic heterocycles. The number of allylic oxidation sites excluding steroid dienone is 1. The normalized spacial score (nSPS) is 11.8. The Labute approximate surface area is 201 Å². The number of aryl methyl sites for hydroxylation is 1. The quantitative estimate of drug-likeness (QED) is 0.263. The fourth-order valence-electron chi connectivity index (χ4n) is 4.22. The molecule has 0 radical (unpaired) electrons. The molecule has 0 saturated carbocycles. The topological polar surface area (TPSA) is 64.4 Å². The average molecular weight is 469 g/mol. The van der Waals surface area contributed by atoms with Gasteiger partial charge < -0.3 is 9.15 Å². The largest absolute Gasteiger partial charge is 0.493 e. The Kier molecular flexibility index (Phi) is 5.90. The number of nitrogens with one attached hydrogen (secondary N) is 1. The molecular weight excluding hydrogens is 444 g/mol. The van der Waals surface area contributed by atoms with Crippen LogP contribution in [0.4, 0.5) is 5.13 Å². The Morgan fingerprint density at radius 3 is 2.76 bits per heavy atom. The van der Waals surface area contributed by atoms with E-state index in [9.17, 15) is 4.79 Å². The highest BCUT2D eigenvalue weighted by Gasteiger charge is 2.19. The molecule has 6 heteroatoms. The van der Waals surface area contributed by atoms with E-state index in [-0.39, 0.29) is 5.91 Å². The number of rotatable bonds is 6. The van der Waals surface area contributed by atoms with E-state index in [1.807, 2.05) is 38.3 Å². The third-order valence-electron chi connectivity index (χ3n) is 5.83. The number of carbonyl (C=O) groups is 1. The molecule has 170 valence electrons. The van der Waals surface area contributed by atoms with Gasteiger partial charge in [0.1, 0.15) is 11.3 Å². The Hall–Kier alpha value is -3.90. The predicted molar refractivity (Wildman–Crippen MR) is 139 cm³/mol. The summed E-state index contributed by atoms with van der Waals surface area (Å²) < 4.78 is 12.0. The lowest BCUT2D eigenvalue weighted by Crippen LogP contribution is -2.08. The highest BCUT2D eigenvalue weighted by atomic mass is 32.1. The molecule has 0 fully saturated rings. The number of thiazole rings is 1. The lowest BCUT2D eigenvalue weighted by molar-refractivity contribution is -0.111. The van der Waals surface area contributed by atoms with Crippen LogP contribution in [-0.4, -0.2) is 17.5 Å². The number of fused-ring (bicyclic) bond motifs is 2. The number of ether oxygens (including phenoxy) is 1. The van der Waals surface area contributed by atoms with Crippen molar-refractivity contribution in [2.45, 2.75) is 20.8 Å². The Bertz CT molecular complexity index is 1530. The standard InChI is InChI=1S/C28H24N2O3S/c1-4-32-26-18(3)27-23(15-22(26)17(2)13-25(31)30-28-29-11-12-34-28)24(16-33-27)21-10-9-19-7-5-6-8-20(19)14-21/h5-16H,4H2,1-3H3,(H,29,30,31)/b17-13+. The number of anilines is 1. The number of hydrogen-bond acceptors (Lipinski definition) is 5. The van der Waals surface area contributed by atoms with Crippen LogP contribution < -0.4 is 10.1 Å². The minimum Gasteiger partial charge on any atom is -0.493 e. The predicted octanol–water partition coefficient (Wildman–Crippen LogP) is 7.46. The summed E-state index contributed by atoms with van der Waals surface area (Å²) in [6, 6.07) is 16.8. The van der Waals surface area contributed by atoms with Crippen LogP contribution in [0.3, 0.4) is 0 Å². The van der Waals surface area contributed by atoms with Gasteiger partial charge in [0, 0.05) is 39.7 Å². The Morgan fingerprint density at radius 1 is 1.18 bits per heavy atom. The smallest absolute Gasteiger partial charge is 0.250 e. The molecule has 2 heterocycles. The maximum atomic E-state index is 12.6. The molecule has 34 heavy (non-hydrogen) atoms. The third kappa shape index (κ3) is 4.08. The lowest BCUT2D eigenvalue weighted by atomic mass is 9.95. The maximum absolute atomic E-state index is 12.6. The van der Waals surface area contributed by atoms with E-state index < -0.39 is 0 Å². The molecule has 0 atom stereocenters. The zero-order valence-corrected chi connectivity index (χ0v) is 20.0. The fraction of sp³-hybridized carbons (Fsp3) is 0.143. The van der Waals surface area contributed by atoms with Crippen molar-refractivity contribution in [3.8, 4) is 16.9 Å². The first kappa shape index (κ1) is 21.9. The van der Waals surface area contributed by atoms with E-state index in [0.29, 0.717) is 11.7 Å². The van der Waals surface area contributed by atoms with Gasteiger partial charge in [-0.25, -0.2) is 4.98 Å². The van der Waals surface area contributed by atoms with Crippen molar-refractivity contribution in [2.24, 2.45) is 0 Å². The number of nitrogens with zero attached hydrogens (tertiary/aromatic N) is 1. The van der Waals surface area contributed by atoms with Crippen LogP contribution in [0.15, 0.2) is 76.9 Å². The first-order chi connectivity index (χ1) is 16.5. The van der Waals surface area contributed by atoms with Gasteiger partial charge in [0.2, 0.25) is 5.91 Å². The van der Waals surface area contributed by atoms with Crippen LogP contribution in [0.2, 0.25) is 0 Å². The molecule has 0 aliphatic carbocycles. The average Bonchev–Trinajstić information content (AvgIpc) is 3.50. The summed E-state index contributed by atoms with van der Waals surface area (Å²) in [5.74, 6) is 0.500. The summed E-state index contributed by atoms with van der Waals surface area (Å²) in [5.41, 5.74) is 5.45. The molecule has 5 aromatic rings. The van der Waals surface area contributed by atoms with Gasteiger partial charge in [0.15, 0.2) is 5.13 Å². The van der Waals surface area contributed by atoms with Gasteiger partial charge >= 0.3 is 0 Å². The Morgan fingerprint density at radius 2 is 2.00 bits per heavy atom. The van der Waals surface area contributed by atoms with Crippen LogP contribution in [0, 0.1) is 6.92 Å². The van der Waals surface area contributed by atoms with Gasteiger partial charge in [0.05, 0.1) is 12.9 Å². The molecule has 5 rings (SSSR count). The van der Waals surface area contributed by atoms with Crippen molar-refractivity contribution < 1.29 is 13.9 Å². The number of benzene rings is 3. The van der Waals surface area contributed by atoms with Crippen LogP contribution >= 0.6 is 11.3 Å². The van der Waals surface area contributed by atoms with Crippen molar-refractivity contribution >= 4 is 49.7 Å². The first-order valence-electron chi connectivity index (χ1n) is 11.1. The molecule has 0 saturated heterocycles. The Balaban J connectivity index is 1.62. The third-order valence-corrected chi connectivity index (χ3v) is 6.52. The van der Waals surface area contributed by atoms with Crippen LogP contribution in [0.5, 0.6) is 5.75 Å². The van der Waals surface area contributed by atoms with Gasteiger partial charge in [-0.2, -0.15) is 0 Å². The summed E-state index contributed by atoms with van der Waals surface area (Å²) in [4.78, 5) is 16.7. The monoisotopic (exact) mass is 468 g/mol. The maximum Gasteiger partial charge on any atom is 0.250 e. The van der Waals surface area contributed by atoms with Gasteiger partial charge in [-0.1, -0.05) is 36.4 Å². The zero-order chi connectivity index (χ0) is 23.7. The molecule has 1 amide bonds. The number of hydrogen-bond donors (Lipinski definition) is 1. The molecule has 3 aromatic carbocycles. The molecule has 0 spiro atoms. The lowest BCUT2D eigenvalue weighted by Gasteiger charge is -2.15. The van der Waals surface area contributed by atoms with Crippen molar-refractivity contribution in [1.82, 2.24) is 4.98 Å². The zero-order valence-electron chi connectivity index (χ0n) is 19.2. The molecule has 1 N–H and O–H groups in total. The second kappa shape index (κ2) is 9.15. The van der Waals surface area contributed by atoms with Crippen LogP contribution in [-0.2, 0) is 4.79 Å². The van der Waals surface area contributed by atoms with E-state index in [1.165, 1.54) is 22.1 Å². The van der Waals surface area contributed by atoms with Crippen molar-refractivity contribution in [3.05, 3.63) is 83.6 Å². The van der Waals surface area contributed by atoms with Crippen LogP contribution in [0.25, 0.3) is 38.4 Å². The highest BCUT2D eigenvalue weighted by Crippen LogP contribution is 2.41. The van der Waals surface area contributed by atoms with E-state index in [2.05, 4.69) is 46.7 Å². The molecule has 0 unspecified atom stereocenters. The highest BCUT2D eigenvalue weighted by molar-refractivity contribution is 7.13. The summed E-state index contributed by atoms with van der Waals surface area (Å²) in [6.45, 7) is 6.37. The van der Waals surface area contributed by atoms with Gasteiger partial charge in [-0.05, 0) is 54.8 Å². The molecule has 2 aromatic heterocycles. The van der Waals surface area contributed by atoms with Crippen molar-refractivity contribution in [1.29, 1.82) is 0 Å². The van der Waals surface area contributed by atoms with Gasteiger partial charge in [-0.3, -0.25) is 10.1 Å². The first-order valence-corrected chi connectivity index (χ1v) is 12.0. The van der Waals surface area contributed by atoms with E-state index in [4.69, 9.17) is 9.15 Å². The van der Waals surface area contributed by atoms with E-state index in [1.54, 1.807) is 18.5 Å².